The van der Waals surface area contributed by atoms with Gasteiger partial charge in [-0.05, 0) is 18.2 Å². The summed E-state index contributed by atoms with van der Waals surface area (Å²) < 4.78 is 13.2. The monoisotopic (exact) mass is 273 g/mol. The van der Waals surface area contributed by atoms with Crippen LogP contribution in [0.5, 0.6) is 0 Å². The minimum Gasteiger partial charge on any atom is -0.352 e. The highest BCUT2D eigenvalue weighted by atomic mass is 19.2. The van der Waals surface area contributed by atoms with E-state index >= 15 is 0 Å². The average Bonchev–Trinajstić information content (AvgIpc) is 3.09. The number of rotatable bonds is 4. The van der Waals surface area contributed by atoms with Crippen molar-refractivity contribution in [1.29, 1.82) is 0 Å². The highest BCUT2D eigenvalue weighted by Gasteiger charge is 2.09. The summed E-state index contributed by atoms with van der Waals surface area (Å²) in [5.41, 5.74) is 2.21. The number of nitrogens with one attached hydrogen (secondary N) is 2. The molecule has 0 atom stereocenters. The van der Waals surface area contributed by atoms with Gasteiger partial charge in [-0.15, -0.1) is 0 Å². The molecule has 0 saturated carbocycles. The van der Waals surface area contributed by atoms with E-state index in [9.17, 15) is 9.28 Å². The molecule has 0 saturated heterocycles. The van der Waals surface area contributed by atoms with Crippen LogP contribution in [0.1, 0.15) is 16.1 Å². The van der Waals surface area contributed by atoms with Crippen molar-refractivity contribution in [1.82, 2.24) is 25.1 Å². The number of halogens is 1. The molecule has 0 spiro atoms. The molecule has 0 radical (unpaired) electrons. The second kappa shape index (κ2) is 5.12. The number of benzene rings is 1. The van der Waals surface area contributed by atoms with Crippen LogP contribution in [-0.4, -0.2) is 32.2 Å². The summed E-state index contributed by atoms with van der Waals surface area (Å²) in [6, 6.07) is 4.68. The predicted octanol–water partition coefficient (Wildman–Crippen LogP) is 1.46. The van der Waals surface area contributed by atoms with Crippen molar-refractivity contribution in [3.8, 4) is 0 Å². The van der Waals surface area contributed by atoms with E-state index in [1.54, 1.807) is 24.7 Å². The normalized spacial score (nSPS) is 10.8. The van der Waals surface area contributed by atoms with Crippen LogP contribution < -0.4 is 5.32 Å². The summed E-state index contributed by atoms with van der Waals surface area (Å²) in [4.78, 5) is 23.1. The van der Waals surface area contributed by atoms with Crippen LogP contribution in [0.3, 0.4) is 0 Å². The molecule has 1 amide bonds. The first-order valence-electron chi connectivity index (χ1n) is 6.13. The molecule has 2 N–H and O–H groups in total. The molecule has 0 aliphatic rings. The summed E-state index contributed by atoms with van der Waals surface area (Å²) in [6.45, 7) is 0.497. The fourth-order valence-corrected chi connectivity index (χ4v) is 1.96. The van der Waals surface area contributed by atoms with E-state index in [0.717, 1.165) is 12.0 Å². The summed E-state index contributed by atoms with van der Waals surface area (Å²) in [5, 5.41) is 2.79. The highest BCUT2D eigenvalue weighted by Crippen LogP contribution is 2.14. The highest BCUT2D eigenvalue weighted by molar-refractivity contribution is 5.97. The Hall–Kier alpha value is -2.70. The maximum atomic E-state index is 13.2. The number of hydrogen-bond acceptors (Lipinski definition) is 3. The van der Waals surface area contributed by atoms with Crippen molar-refractivity contribution >= 4 is 16.9 Å². The van der Waals surface area contributed by atoms with E-state index in [1.165, 1.54) is 6.07 Å². The van der Waals surface area contributed by atoms with E-state index in [-0.39, 0.29) is 5.91 Å². The number of carbonyl (C=O) groups is 1. The van der Waals surface area contributed by atoms with Gasteiger partial charge in [-0.25, -0.2) is 9.97 Å². The van der Waals surface area contributed by atoms with Gasteiger partial charge in [0, 0.05) is 30.4 Å². The fraction of sp³-hybridized carbons (Fsp3) is 0.154. The standard InChI is InChI=1S/C13H12FN5O/c14-19-8-18-11-5-9(1-2-12(11)19)13(20)16-4-3-10-6-15-7-17-10/h1-2,5-8H,3-4H2,(H,15,17)(H,16,20). The summed E-state index contributed by atoms with van der Waals surface area (Å²) in [5.74, 6) is -0.208. The zero-order valence-electron chi connectivity index (χ0n) is 10.5. The molecule has 2 heterocycles. The van der Waals surface area contributed by atoms with Gasteiger partial charge in [0.2, 0.25) is 0 Å². The lowest BCUT2D eigenvalue weighted by Crippen LogP contribution is -2.25. The van der Waals surface area contributed by atoms with Crippen LogP contribution in [-0.2, 0) is 6.42 Å². The largest absolute Gasteiger partial charge is 0.352 e. The molecule has 1 aromatic carbocycles. The lowest BCUT2D eigenvalue weighted by molar-refractivity contribution is 0.0954. The van der Waals surface area contributed by atoms with Crippen molar-refractivity contribution in [2.75, 3.05) is 6.54 Å². The average molecular weight is 273 g/mol. The third kappa shape index (κ3) is 2.37. The Kier molecular flexibility index (Phi) is 3.16. The van der Waals surface area contributed by atoms with Crippen molar-refractivity contribution in [2.45, 2.75) is 6.42 Å². The molecule has 0 aliphatic heterocycles. The second-order valence-corrected chi connectivity index (χ2v) is 4.34. The van der Waals surface area contributed by atoms with Crippen LogP contribution in [0.4, 0.5) is 4.48 Å². The molecule has 0 aliphatic carbocycles. The Bertz CT molecular complexity index is 734. The number of carbonyl (C=O) groups excluding carboxylic acids is 1. The fourth-order valence-electron chi connectivity index (χ4n) is 1.96. The minimum absolute atomic E-state index is 0.208. The lowest BCUT2D eigenvalue weighted by atomic mass is 10.2. The molecule has 20 heavy (non-hydrogen) atoms. The van der Waals surface area contributed by atoms with Crippen LogP contribution in [0.15, 0.2) is 37.1 Å². The summed E-state index contributed by atoms with van der Waals surface area (Å²) >= 11 is 0. The number of amides is 1. The quantitative estimate of drug-likeness (QED) is 0.755. The smallest absolute Gasteiger partial charge is 0.251 e. The third-order valence-electron chi connectivity index (χ3n) is 3.00. The van der Waals surface area contributed by atoms with Gasteiger partial charge in [0.05, 0.1) is 11.8 Å². The molecule has 7 heteroatoms. The van der Waals surface area contributed by atoms with E-state index in [4.69, 9.17) is 0 Å². The first-order chi connectivity index (χ1) is 9.74. The zero-order valence-corrected chi connectivity index (χ0v) is 10.5. The molecule has 0 fully saturated rings. The van der Waals surface area contributed by atoms with Crippen LogP contribution in [0.25, 0.3) is 11.0 Å². The number of aromatic amines is 1. The summed E-state index contributed by atoms with van der Waals surface area (Å²) in [6.07, 6.45) is 5.06. The number of nitrogens with zero attached hydrogens (tertiary/aromatic N) is 3. The SMILES string of the molecule is O=C(NCCc1cnc[nH]1)c1ccc2c(c1)ncn2F. The third-order valence-corrected chi connectivity index (χ3v) is 3.00. The van der Waals surface area contributed by atoms with Gasteiger partial charge in [0.25, 0.3) is 5.91 Å². The number of imidazole rings is 2. The van der Waals surface area contributed by atoms with Crippen molar-refractivity contribution in [3.63, 3.8) is 0 Å². The maximum absolute atomic E-state index is 13.2. The van der Waals surface area contributed by atoms with Crippen LogP contribution >= 0.6 is 0 Å². The Morgan fingerprint density at radius 1 is 1.45 bits per heavy atom. The molecule has 0 bridgehead atoms. The molecule has 6 nitrogen and oxygen atoms in total. The summed E-state index contributed by atoms with van der Waals surface area (Å²) in [7, 11) is 0. The minimum atomic E-state index is -0.208. The first-order valence-corrected chi connectivity index (χ1v) is 6.13. The van der Waals surface area contributed by atoms with Crippen molar-refractivity contribution in [2.24, 2.45) is 0 Å². The number of H-pyrrole nitrogens is 1. The van der Waals surface area contributed by atoms with Gasteiger partial charge in [-0.2, -0.15) is 4.79 Å². The Morgan fingerprint density at radius 3 is 3.15 bits per heavy atom. The maximum Gasteiger partial charge on any atom is 0.251 e. The van der Waals surface area contributed by atoms with Crippen LogP contribution in [0, 0.1) is 0 Å². The molecule has 102 valence electrons. The Balaban J connectivity index is 1.66. The van der Waals surface area contributed by atoms with Crippen molar-refractivity contribution in [3.05, 3.63) is 48.3 Å². The van der Waals surface area contributed by atoms with E-state index in [2.05, 4.69) is 20.3 Å². The molecule has 3 rings (SSSR count). The number of aromatic nitrogens is 4. The van der Waals surface area contributed by atoms with Gasteiger partial charge in [0.1, 0.15) is 11.8 Å². The first kappa shape index (κ1) is 12.3. The van der Waals surface area contributed by atoms with Crippen LogP contribution in [0.2, 0.25) is 0 Å². The van der Waals surface area contributed by atoms with E-state index in [0.29, 0.717) is 34.4 Å². The lowest BCUT2D eigenvalue weighted by Gasteiger charge is -2.04. The Labute approximate surface area is 113 Å². The van der Waals surface area contributed by atoms with Gasteiger partial charge < -0.3 is 10.3 Å². The molecule has 2 aromatic heterocycles. The van der Waals surface area contributed by atoms with Gasteiger partial charge in [0.15, 0.2) is 0 Å². The Morgan fingerprint density at radius 2 is 2.35 bits per heavy atom. The van der Waals surface area contributed by atoms with Gasteiger partial charge in [-0.1, -0.05) is 4.48 Å². The van der Waals surface area contributed by atoms with E-state index in [1.807, 2.05) is 0 Å². The predicted molar refractivity (Wildman–Crippen MR) is 70.9 cm³/mol. The van der Waals surface area contributed by atoms with Crippen molar-refractivity contribution < 1.29 is 9.28 Å². The van der Waals surface area contributed by atoms with Gasteiger partial charge >= 0.3 is 0 Å². The molecule has 0 unspecified atom stereocenters. The molecular formula is C13H12FN5O. The molecular weight excluding hydrogens is 261 g/mol. The van der Waals surface area contributed by atoms with Gasteiger partial charge in [-0.3, -0.25) is 4.79 Å². The molecule has 3 aromatic rings. The van der Waals surface area contributed by atoms with E-state index < -0.39 is 0 Å². The number of fused-ring (bicyclic) bond motifs is 1. The zero-order chi connectivity index (χ0) is 13.9. The second-order valence-electron chi connectivity index (χ2n) is 4.34. The number of hydrogen-bond donors (Lipinski definition) is 2. The topological polar surface area (TPSA) is 75.6 Å².